The molecule has 0 aliphatic carbocycles. The van der Waals surface area contributed by atoms with Crippen molar-refractivity contribution in [3.05, 3.63) is 29.3 Å². The van der Waals surface area contributed by atoms with Crippen LogP contribution in [0, 0.1) is 11.6 Å². The van der Waals surface area contributed by atoms with E-state index in [0.29, 0.717) is 5.56 Å². The third-order valence-corrected chi connectivity index (χ3v) is 2.39. The van der Waals surface area contributed by atoms with E-state index in [1.165, 1.54) is 13.2 Å². The minimum Gasteiger partial charge on any atom is -0.485 e. The number of hydrogen-bond acceptors (Lipinski definition) is 3. The Hall–Kier alpha value is -1.20. The summed E-state index contributed by atoms with van der Waals surface area (Å²) in [7, 11) is 1.44. The molecular formula is C10H11F2NO2. The van der Waals surface area contributed by atoms with Gasteiger partial charge in [0.2, 0.25) is 0 Å². The van der Waals surface area contributed by atoms with Crippen molar-refractivity contribution in [3.63, 3.8) is 0 Å². The molecule has 1 aliphatic heterocycles. The van der Waals surface area contributed by atoms with Gasteiger partial charge in [0.1, 0.15) is 11.9 Å². The largest absolute Gasteiger partial charge is 0.485 e. The Bertz CT molecular complexity index is 384. The minimum absolute atomic E-state index is 0.0958. The standard InChI is InChI=1S/C10H11F2NO2/c1-5-9(13-14-2)7-3-6(11)4-8(12)10(7)15-5/h3-5,9,13H,1-2H3. The molecule has 15 heavy (non-hydrogen) atoms. The Balaban J connectivity index is 2.43. The average Bonchev–Trinajstić information content (AvgIpc) is 2.46. The van der Waals surface area contributed by atoms with Crippen LogP contribution in [0.5, 0.6) is 5.75 Å². The van der Waals surface area contributed by atoms with E-state index in [9.17, 15) is 8.78 Å². The zero-order valence-corrected chi connectivity index (χ0v) is 8.38. The molecule has 3 nitrogen and oxygen atoms in total. The first-order valence-corrected chi connectivity index (χ1v) is 4.57. The lowest BCUT2D eigenvalue weighted by Gasteiger charge is -2.14. The Morgan fingerprint density at radius 3 is 2.80 bits per heavy atom. The highest BCUT2D eigenvalue weighted by Gasteiger charge is 2.34. The first-order chi connectivity index (χ1) is 7.13. The molecule has 5 heteroatoms. The maximum Gasteiger partial charge on any atom is 0.168 e. The molecular weight excluding hydrogens is 204 g/mol. The summed E-state index contributed by atoms with van der Waals surface area (Å²) in [6.45, 7) is 1.76. The molecule has 82 valence electrons. The molecule has 1 aromatic carbocycles. The van der Waals surface area contributed by atoms with Crippen LogP contribution in [0.2, 0.25) is 0 Å². The van der Waals surface area contributed by atoms with Gasteiger partial charge < -0.3 is 9.57 Å². The molecule has 0 radical (unpaired) electrons. The summed E-state index contributed by atoms with van der Waals surface area (Å²) in [5.74, 6) is -1.21. The number of ether oxygens (including phenoxy) is 1. The van der Waals surface area contributed by atoms with Gasteiger partial charge in [-0.3, -0.25) is 0 Å². The molecule has 2 atom stereocenters. The fourth-order valence-corrected chi connectivity index (χ4v) is 1.73. The SMILES string of the molecule is CONC1c2cc(F)cc(F)c2OC1C. The van der Waals surface area contributed by atoms with E-state index in [2.05, 4.69) is 5.48 Å². The van der Waals surface area contributed by atoms with Crippen LogP contribution < -0.4 is 10.2 Å². The summed E-state index contributed by atoms with van der Waals surface area (Å²) in [5.41, 5.74) is 3.09. The monoisotopic (exact) mass is 215 g/mol. The summed E-state index contributed by atoms with van der Waals surface area (Å²) in [6, 6.07) is 1.70. The summed E-state index contributed by atoms with van der Waals surface area (Å²) in [5, 5.41) is 0. The molecule has 1 N–H and O–H groups in total. The van der Waals surface area contributed by atoms with Crippen molar-refractivity contribution in [1.29, 1.82) is 0 Å². The number of rotatable bonds is 2. The quantitative estimate of drug-likeness (QED) is 0.765. The first-order valence-electron chi connectivity index (χ1n) is 4.57. The number of hydrogen-bond donors (Lipinski definition) is 1. The normalized spacial score (nSPS) is 23.7. The summed E-state index contributed by atoms with van der Waals surface area (Å²) < 4.78 is 31.6. The molecule has 1 heterocycles. The van der Waals surface area contributed by atoms with Gasteiger partial charge in [0.05, 0.1) is 13.2 Å². The molecule has 1 aromatic rings. The van der Waals surface area contributed by atoms with Crippen molar-refractivity contribution in [3.8, 4) is 5.75 Å². The van der Waals surface area contributed by atoms with Crippen molar-refractivity contribution >= 4 is 0 Å². The van der Waals surface area contributed by atoms with Crippen LogP contribution in [0.3, 0.4) is 0 Å². The predicted octanol–water partition coefficient (Wildman–Crippen LogP) is 1.94. The number of benzene rings is 1. The van der Waals surface area contributed by atoms with Crippen LogP contribution in [0.15, 0.2) is 12.1 Å². The van der Waals surface area contributed by atoms with Gasteiger partial charge in [-0.15, -0.1) is 0 Å². The molecule has 0 saturated heterocycles. The van der Waals surface area contributed by atoms with E-state index in [1.807, 2.05) is 0 Å². The predicted molar refractivity (Wildman–Crippen MR) is 49.3 cm³/mol. The highest BCUT2D eigenvalue weighted by Crippen LogP contribution is 2.38. The smallest absolute Gasteiger partial charge is 0.168 e. The fraction of sp³-hybridized carbons (Fsp3) is 0.400. The van der Waals surface area contributed by atoms with Crippen LogP contribution in [-0.4, -0.2) is 13.2 Å². The first kappa shape index (κ1) is 10.3. The molecule has 0 saturated carbocycles. The van der Waals surface area contributed by atoms with Crippen LogP contribution in [0.1, 0.15) is 18.5 Å². The van der Waals surface area contributed by atoms with Gasteiger partial charge >= 0.3 is 0 Å². The summed E-state index contributed by atoms with van der Waals surface area (Å²) >= 11 is 0. The zero-order chi connectivity index (χ0) is 11.0. The van der Waals surface area contributed by atoms with Crippen LogP contribution in [-0.2, 0) is 4.84 Å². The molecule has 2 unspecified atom stereocenters. The lowest BCUT2D eigenvalue weighted by molar-refractivity contribution is 0.0335. The molecule has 0 bridgehead atoms. The molecule has 0 aromatic heterocycles. The van der Waals surface area contributed by atoms with Crippen molar-refractivity contribution in [1.82, 2.24) is 5.48 Å². The lowest BCUT2D eigenvalue weighted by Crippen LogP contribution is -2.27. The highest BCUT2D eigenvalue weighted by molar-refractivity contribution is 5.42. The molecule has 0 fully saturated rings. The Morgan fingerprint density at radius 2 is 2.13 bits per heavy atom. The van der Waals surface area contributed by atoms with Crippen molar-refractivity contribution in [2.45, 2.75) is 19.1 Å². The van der Waals surface area contributed by atoms with Crippen molar-refractivity contribution in [2.24, 2.45) is 0 Å². The second kappa shape index (κ2) is 3.75. The molecule has 0 spiro atoms. The van der Waals surface area contributed by atoms with Gasteiger partial charge in [0.15, 0.2) is 11.6 Å². The Kier molecular flexibility index (Phi) is 2.58. The van der Waals surface area contributed by atoms with Crippen molar-refractivity contribution in [2.75, 3.05) is 7.11 Å². The average molecular weight is 215 g/mol. The maximum atomic E-state index is 13.3. The Labute approximate surface area is 85.9 Å². The Morgan fingerprint density at radius 1 is 1.40 bits per heavy atom. The molecule has 2 rings (SSSR count). The lowest BCUT2D eigenvalue weighted by atomic mass is 10.1. The number of fused-ring (bicyclic) bond motifs is 1. The summed E-state index contributed by atoms with van der Waals surface area (Å²) in [4.78, 5) is 4.76. The second-order valence-electron chi connectivity index (χ2n) is 3.43. The van der Waals surface area contributed by atoms with Gasteiger partial charge in [-0.1, -0.05) is 0 Å². The van der Waals surface area contributed by atoms with E-state index in [1.54, 1.807) is 6.92 Å². The van der Waals surface area contributed by atoms with Gasteiger partial charge in [-0.25, -0.2) is 8.78 Å². The van der Waals surface area contributed by atoms with E-state index in [-0.39, 0.29) is 17.9 Å². The minimum atomic E-state index is -0.683. The van der Waals surface area contributed by atoms with E-state index in [0.717, 1.165) is 6.07 Å². The third kappa shape index (κ3) is 1.68. The van der Waals surface area contributed by atoms with Gasteiger partial charge in [-0.2, -0.15) is 5.48 Å². The highest BCUT2D eigenvalue weighted by atomic mass is 19.1. The van der Waals surface area contributed by atoms with Crippen molar-refractivity contribution < 1.29 is 18.4 Å². The van der Waals surface area contributed by atoms with Crippen LogP contribution in [0.4, 0.5) is 8.78 Å². The molecule has 1 aliphatic rings. The van der Waals surface area contributed by atoms with E-state index in [4.69, 9.17) is 9.57 Å². The summed E-state index contributed by atoms with van der Waals surface area (Å²) in [6.07, 6.45) is -0.295. The molecule has 0 amide bonds. The van der Waals surface area contributed by atoms with E-state index < -0.39 is 11.6 Å². The zero-order valence-electron chi connectivity index (χ0n) is 8.38. The second-order valence-corrected chi connectivity index (χ2v) is 3.43. The van der Waals surface area contributed by atoms with Gasteiger partial charge in [0, 0.05) is 11.6 Å². The topological polar surface area (TPSA) is 30.5 Å². The fourth-order valence-electron chi connectivity index (χ4n) is 1.73. The van der Waals surface area contributed by atoms with E-state index >= 15 is 0 Å². The maximum absolute atomic E-state index is 13.3. The third-order valence-electron chi connectivity index (χ3n) is 2.39. The van der Waals surface area contributed by atoms with Gasteiger partial charge in [-0.05, 0) is 13.0 Å². The number of hydroxylamine groups is 1. The number of halogens is 2. The van der Waals surface area contributed by atoms with Crippen LogP contribution >= 0.6 is 0 Å². The van der Waals surface area contributed by atoms with Crippen LogP contribution in [0.25, 0.3) is 0 Å². The number of nitrogens with one attached hydrogen (secondary N) is 1. The van der Waals surface area contributed by atoms with Gasteiger partial charge in [0.25, 0.3) is 0 Å².